The third-order valence-electron chi connectivity index (χ3n) is 3.12. The second-order valence-electron chi connectivity index (χ2n) is 4.76. The molecule has 1 heterocycles. The van der Waals surface area contributed by atoms with Crippen LogP contribution in [-0.4, -0.2) is 31.7 Å². The zero-order valence-electron chi connectivity index (χ0n) is 12.7. The molecule has 2 N–H and O–H groups in total. The maximum Gasteiger partial charge on any atom is 0.297 e. The molecule has 0 spiro atoms. The molecule has 1 aromatic heterocycles. The van der Waals surface area contributed by atoms with Crippen LogP contribution in [0.2, 0.25) is 0 Å². The van der Waals surface area contributed by atoms with Crippen LogP contribution in [0.25, 0.3) is 5.69 Å². The van der Waals surface area contributed by atoms with Gasteiger partial charge in [-0.25, -0.2) is 0 Å². The molecule has 2 aromatic rings. The molecule has 0 unspecified atom stereocenters. The maximum absolute atomic E-state index is 12.5. The predicted octanol–water partition coefficient (Wildman–Crippen LogP) is 1.73. The first-order chi connectivity index (χ1) is 10.6. The maximum atomic E-state index is 12.5. The summed E-state index contributed by atoms with van der Waals surface area (Å²) in [5, 5.41) is 0. The van der Waals surface area contributed by atoms with Crippen molar-refractivity contribution < 1.29 is 14.2 Å². The number of nitrogens with two attached hydrogens (primary N) is 1. The van der Waals surface area contributed by atoms with Crippen molar-refractivity contribution in [1.29, 1.82) is 0 Å². The molecule has 0 saturated carbocycles. The Hall–Kier alpha value is -2.31. The highest BCUT2D eigenvalue weighted by Crippen LogP contribution is 2.16. The number of pyridine rings is 1. The third-order valence-corrected chi connectivity index (χ3v) is 3.12. The van der Waals surface area contributed by atoms with Crippen molar-refractivity contribution in [3.05, 3.63) is 52.4 Å². The lowest BCUT2D eigenvalue weighted by atomic mass is 10.1. The average molecular weight is 304 g/mol. The Morgan fingerprint density at radius 1 is 1.23 bits per heavy atom. The Morgan fingerprint density at radius 3 is 2.77 bits per heavy atom. The van der Waals surface area contributed by atoms with Crippen LogP contribution >= 0.6 is 0 Å². The first-order valence-electron chi connectivity index (χ1n) is 6.91. The second-order valence-corrected chi connectivity index (χ2v) is 4.76. The van der Waals surface area contributed by atoms with Crippen LogP contribution in [0.1, 0.15) is 5.56 Å². The highest BCUT2D eigenvalue weighted by Gasteiger charge is 2.08. The Balaban J connectivity index is 2.17. The van der Waals surface area contributed by atoms with Gasteiger partial charge in [0.2, 0.25) is 0 Å². The van der Waals surface area contributed by atoms with E-state index in [1.54, 1.807) is 31.5 Å². The number of anilines is 1. The van der Waals surface area contributed by atoms with Gasteiger partial charge in [-0.2, -0.15) is 0 Å². The van der Waals surface area contributed by atoms with Crippen LogP contribution in [-0.2, 0) is 9.47 Å². The number of aryl methyl sites for hydroxylation is 1. The van der Waals surface area contributed by atoms with Crippen molar-refractivity contribution in [2.24, 2.45) is 0 Å². The summed E-state index contributed by atoms with van der Waals surface area (Å²) in [4.78, 5) is 12.5. The molecular formula is C16H20N2O4. The SMILES string of the molecule is COCCOCOc1cccn(-c2ccc(N)cc2C)c1=O. The molecule has 0 aliphatic heterocycles. The van der Waals surface area contributed by atoms with Crippen molar-refractivity contribution in [2.45, 2.75) is 6.92 Å². The van der Waals surface area contributed by atoms with E-state index in [2.05, 4.69) is 0 Å². The van der Waals surface area contributed by atoms with E-state index in [0.29, 0.717) is 18.9 Å². The van der Waals surface area contributed by atoms with Crippen molar-refractivity contribution in [3.63, 3.8) is 0 Å². The van der Waals surface area contributed by atoms with Crippen LogP contribution in [0.3, 0.4) is 0 Å². The summed E-state index contributed by atoms with van der Waals surface area (Å²) in [6, 6.07) is 8.76. The minimum atomic E-state index is -0.245. The minimum absolute atomic E-state index is 0.00331. The highest BCUT2D eigenvalue weighted by molar-refractivity contribution is 5.51. The number of hydrogen-bond acceptors (Lipinski definition) is 5. The van der Waals surface area contributed by atoms with E-state index in [1.165, 1.54) is 4.57 Å². The van der Waals surface area contributed by atoms with E-state index in [1.807, 2.05) is 19.1 Å². The van der Waals surface area contributed by atoms with Gasteiger partial charge in [0.05, 0.1) is 18.9 Å². The van der Waals surface area contributed by atoms with E-state index >= 15 is 0 Å². The Kier molecular flexibility index (Phi) is 5.57. The van der Waals surface area contributed by atoms with Gasteiger partial charge in [0.1, 0.15) is 0 Å². The molecule has 0 aliphatic carbocycles. The summed E-state index contributed by atoms with van der Waals surface area (Å²) in [5.74, 6) is 0.233. The Bertz CT molecular complexity index is 682. The van der Waals surface area contributed by atoms with Gasteiger partial charge in [-0.15, -0.1) is 0 Å². The van der Waals surface area contributed by atoms with E-state index in [0.717, 1.165) is 11.3 Å². The zero-order valence-corrected chi connectivity index (χ0v) is 12.7. The van der Waals surface area contributed by atoms with Crippen molar-refractivity contribution >= 4 is 5.69 Å². The third kappa shape index (κ3) is 3.87. The van der Waals surface area contributed by atoms with Crippen molar-refractivity contribution in [3.8, 4) is 11.4 Å². The molecular weight excluding hydrogens is 284 g/mol. The molecule has 0 aliphatic rings. The number of benzene rings is 1. The zero-order chi connectivity index (χ0) is 15.9. The van der Waals surface area contributed by atoms with Crippen LogP contribution in [0.4, 0.5) is 5.69 Å². The summed E-state index contributed by atoms with van der Waals surface area (Å²) < 4.78 is 17.0. The first-order valence-corrected chi connectivity index (χ1v) is 6.91. The summed E-state index contributed by atoms with van der Waals surface area (Å²) in [5.41, 5.74) is 7.84. The fourth-order valence-electron chi connectivity index (χ4n) is 2.03. The molecule has 0 bridgehead atoms. The number of methoxy groups -OCH3 is 1. The topological polar surface area (TPSA) is 75.7 Å². The van der Waals surface area contributed by atoms with Gasteiger partial charge in [0.15, 0.2) is 12.5 Å². The smallest absolute Gasteiger partial charge is 0.297 e. The van der Waals surface area contributed by atoms with Crippen LogP contribution in [0.15, 0.2) is 41.3 Å². The number of aromatic nitrogens is 1. The van der Waals surface area contributed by atoms with Gasteiger partial charge in [0.25, 0.3) is 5.56 Å². The summed E-state index contributed by atoms with van der Waals surface area (Å²) in [7, 11) is 1.59. The number of hydrogen-bond donors (Lipinski definition) is 1. The van der Waals surface area contributed by atoms with Crippen LogP contribution < -0.4 is 16.0 Å². The molecule has 0 radical (unpaired) electrons. The number of nitrogen functional groups attached to an aromatic ring is 1. The molecule has 22 heavy (non-hydrogen) atoms. The van der Waals surface area contributed by atoms with E-state index in [4.69, 9.17) is 19.9 Å². The highest BCUT2D eigenvalue weighted by atomic mass is 16.7. The lowest BCUT2D eigenvalue weighted by Gasteiger charge is -2.12. The predicted molar refractivity (Wildman–Crippen MR) is 84.5 cm³/mol. The normalized spacial score (nSPS) is 10.6. The monoisotopic (exact) mass is 304 g/mol. The molecule has 6 heteroatoms. The molecule has 0 saturated heterocycles. The van der Waals surface area contributed by atoms with Gasteiger partial charge in [-0.1, -0.05) is 0 Å². The second kappa shape index (κ2) is 7.63. The Labute approximate surface area is 129 Å². The summed E-state index contributed by atoms with van der Waals surface area (Å²) >= 11 is 0. The van der Waals surface area contributed by atoms with Gasteiger partial charge in [0, 0.05) is 19.0 Å². The minimum Gasteiger partial charge on any atom is -0.462 e. The molecule has 0 amide bonds. The lowest BCUT2D eigenvalue weighted by Crippen LogP contribution is -2.21. The first kappa shape index (κ1) is 16.1. The fourth-order valence-corrected chi connectivity index (χ4v) is 2.03. The summed E-state index contributed by atoms with van der Waals surface area (Å²) in [6.45, 7) is 2.80. The van der Waals surface area contributed by atoms with Gasteiger partial charge >= 0.3 is 0 Å². The van der Waals surface area contributed by atoms with Crippen LogP contribution in [0, 0.1) is 6.92 Å². The molecule has 1 aromatic carbocycles. The molecule has 0 atom stereocenters. The molecule has 118 valence electrons. The quantitative estimate of drug-likeness (QED) is 0.479. The molecule has 0 fully saturated rings. The van der Waals surface area contributed by atoms with Gasteiger partial charge in [-0.05, 0) is 42.8 Å². The van der Waals surface area contributed by atoms with Crippen molar-refractivity contribution in [1.82, 2.24) is 4.57 Å². The summed E-state index contributed by atoms with van der Waals surface area (Å²) in [6.07, 6.45) is 1.69. The van der Waals surface area contributed by atoms with E-state index < -0.39 is 0 Å². The van der Waals surface area contributed by atoms with E-state index in [9.17, 15) is 4.79 Å². The fraction of sp³-hybridized carbons (Fsp3) is 0.312. The Morgan fingerprint density at radius 2 is 2.05 bits per heavy atom. The largest absolute Gasteiger partial charge is 0.462 e. The van der Waals surface area contributed by atoms with E-state index in [-0.39, 0.29) is 18.1 Å². The number of rotatable bonds is 7. The molecule has 6 nitrogen and oxygen atoms in total. The van der Waals surface area contributed by atoms with Crippen LogP contribution in [0.5, 0.6) is 5.75 Å². The lowest BCUT2D eigenvalue weighted by molar-refractivity contribution is -0.00921. The average Bonchev–Trinajstić information content (AvgIpc) is 2.49. The number of ether oxygens (including phenoxy) is 3. The van der Waals surface area contributed by atoms with Gasteiger partial charge < -0.3 is 19.9 Å². The molecule has 2 rings (SSSR count). The van der Waals surface area contributed by atoms with Gasteiger partial charge in [-0.3, -0.25) is 9.36 Å². The number of nitrogens with zero attached hydrogens (tertiary/aromatic N) is 1. The van der Waals surface area contributed by atoms with Crippen molar-refractivity contribution in [2.75, 3.05) is 32.9 Å². The standard InChI is InChI=1S/C16H20N2O4/c1-12-10-13(17)5-6-14(12)18-7-3-4-15(16(18)19)22-11-21-9-8-20-2/h3-7,10H,8-9,11,17H2,1-2H3.